The van der Waals surface area contributed by atoms with Crippen LogP contribution in [0.4, 0.5) is 5.82 Å². The van der Waals surface area contributed by atoms with E-state index in [1.807, 2.05) is 55.5 Å². The lowest BCUT2D eigenvalue weighted by atomic mass is 10.1. The Balaban J connectivity index is 1.34. The summed E-state index contributed by atoms with van der Waals surface area (Å²) in [6.45, 7) is 3.68. The molecule has 2 heterocycles. The van der Waals surface area contributed by atoms with Gasteiger partial charge in [-0.05, 0) is 36.6 Å². The Kier molecular flexibility index (Phi) is 5.35. The maximum Gasteiger partial charge on any atom is 0.224 e. The van der Waals surface area contributed by atoms with Gasteiger partial charge >= 0.3 is 0 Å². The second-order valence-electron chi connectivity index (χ2n) is 7.31. The number of nitrogens with zero attached hydrogens (tertiary/aromatic N) is 2. The average Bonchev–Trinajstić information content (AvgIpc) is 3.32. The number of halogens is 1. The molecule has 2 aromatic carbocycles. The standard InChI is InChI=1S/C22H23ClN4O/c1-15-3-2-4-16(11-15)12-22(28)24-19-9-10-27(14-19)21-13-20(25-26-21)17-5-7-18(23)8-6-17/h2-8,11,13,19H,9-10,12,14H2,1H3,(H,24,28)(H,25,26). The zero-order valence-corrected chi connectivity index (χ0v) is 16.5. The average molecular weight is 395 g/mol. The number of aromatic amines is 1. The van der Waals surface area contributed by atoms with Gasteiger partial charge in [0.1, 0.15) is 0 Å². The highest BCUT2D eigenvalue weighted by molar-refractivity contribution is 6.30. The number of hydrogen-bond acceptors (Lipinski definition) is 3. The molecule has 5 nitrogen and oxygen atoms in total. The maximum atomic E-state index is 12.4. The number of carbonyl (C=O) groups excluding carboxylic acids is 1. The smallest absolute Gasteiger partial charge is 0.224 e. The van der Waals surface area contributed by atoms with Crippen molar-refractivity contribution < 1.29 is 4.79 Å². The number of hydrogen-bond donors (Lipinski definition) is 2. The lowest BCUT2D eigenvalue weighted by Gasteiger charge is -2.16. The molecule has 1 aromatic heterocycles. The van der Waals surface area contributed by atoms with Crippen molar-refractivity contribution in [3.05, 3.63) is 70.7 Å². The van der Waals surface area contributed by atoms with Gasteiger partial charge in [0.15, 0.2) is 5.82 Å². The van der Waals surface area contributed by atoms with Gasteiger partial charge in [-0.15, -0.1) is 0 Å². The van der Waals surface area contributed by atoms with Crippen LogP contribution in [-0.2, 0) is 11.2 Å². The molecule has 1 atom stereocenters. The Bertz CT molecular complexity index is 967. The van der Waals surface area contributed by atoms with Gasteiger partial charge < -0.3 is 10.2 Å². The molecule has 0 saturated carbocycles. The van der Waals surface area contributed by atoms with Crippen molar-refractivity contribution in [3.8, 4) is 11.3 Å². The summed E-state index contributed by atoms with van der Waals surface area (Å²) in [7, 11) is 0. The van der Waals surface area contributed by atoms with Crippen molar-refractivity contribution in [1.82, 2.24) is 15.5 Å². The van der Waals surface area contributed by atoms with Crippen molar-refractivity contribution in [1.29, 1.82) is 0 Å². The number of anilines is 1. The van der Waals surface area contributed by atoms with Gasteiger partial charge in [0.2, 0.25) is 5.91 Å². The molecule has 0 aliphatic carbocycles. The first-order chi connectivity index (χ1) is 13.6. The van der Waals surface area contributed by atoms with Crippen LogP contribution in [0, 0.1) is 6.92 Å². The van der Waals surface area contributed by atoms with E-state index in [0.717, 1.165) is 42.1 Å². The largest absolute Gasteiger partial charge is 0.353 e. The minimum atomic E-state index is 0.0707. The Morgan fingerprint density at radius 2 is 2.07 bits per heavy atom. The molecular weight excluding hydrogens is 372 g/mol. The number of H-pyrrole nitrogens is 1. The van der Waals surface area contributed by atoms with Crippen molar-refractivity contribution in [3.63, 3.8) is 0 Å². The number of nitrogens with one attached hydrogen (secondary N) is 2. The first-order valence-corrected chi connectivity index (χ1v) is 9.86. The number of carbonyl (C=O) groups is 1. The zero-order chi connectivity index (χ0) is 19.5. The molecule has 0 spiro atoms. The van der Waals surface area contributed by atoms with Crippen LogP contribution in [0.5, 0.6) is 0 Å². The normalized spacial score (nSPS) is 16.4. The lowest BCUT2D eigenvalue weighted by Crippen LogP contribution is -2.38. The molecule has 28 heavy (non-hydrogen) atoms. The molecule has 2 N–H and O–H groups in total. The van der Waals surface area contributed by atoms with Crippen LogP contribution < -0.4 is 10.2 Å². The summed E-state index contributed by atoms with van der Waals surface area (Å²) in [5.74, 6) is 0.974. The topological polar surface area (TPSA) is 61.0 Å². The van der Waals surface area contributed by atoms with Crippen LogP contribution in [0.2, 0.25) is 5.02 Å². The van der Waals surface area contributed by atoms with Gasteiger partial charge in [-0.1, -0.05) is 53.6 Å². The number of aryl methyl sites for hydroxylation is 1. The third-order valence-electron chi connectivity index (χ3n) is 5.04. The Hall–Kier alpha value is -2.79. The van der Waals surface area contributed by atoms with E-state index in [4.69, 9.17) is 11.6 Å². The molecule has 1 amide bonds. The molecule has 3 aromatic rings. The van der Waals surface area contributed by atoms with E-state index in [-0.39, 0.29) is 11.9 Å². The summed E-state index contributed by atoms with van der Waals surface area (Å²) in [5, 5.41) is 11.4. The molecule has 0 bridgehead atoms. The second-order valence-corrected chi connectivity index (χ2v) is 7.75. The van der Waals surface area contributed by atoms with Crippen molar-refractivity contribution in [2.45, 2.75) is 25.8 Å². The molecule has 1 saturated heterocycles. The molecule has 144 valence electrons. The number of rotatable bonds is 5. The number of amides is 1. The third-order valence-corrected chi connectivity index (χ3v) is 5.30. The lowest BCUT2D eigenvalue weighted by molar-refractivity contribution is -0.121. The predicted octanol–water partition coefficient (Wildman–Crippen LogP) is 3.98. The summed E-state index contributed by atoms with van der Waals surface area (Å²) in [5.41, 5.74) is 4.23. The fraction of sp³-hybridized carbons (Fsp3) is 0.273. The minimum Gasteiger partial charge on any atom is -0.353 e. The Morgan fingerprint density at radius 1 is 1.25 bits per heavy atom. The van der Waals surface area contributed by atoms with Crippen molar-refractivity contribution in [2.24, 2.45) is 0 Å². The maximum absolute atomic E-state index is 12.4. The minimum absolute atomic E-state index is 0.0707. The van der Waals surface area contributed by atoms with E-state index >= 15 is 0 Å². The first kappa shape index (κ1) is 18.6. The molecule has 4 rings (SSSR count). The van der Waals surface area contributed by atoms with Gasteiger partial charge in [-0.2, -0.15) is 5.10 Å². The van der Waals surface area contributed by atoms with E-state index < -0.39 is 0 Å². The van der Waals surface area contributed by atoms with E-state index in [0.29, 0.717) is 11.4 Å². The van der Waals surface area contributed by atoms with E-state index in [9.17, 15) is 4.79 Å². The zero-order valence-electron chi connectivity index (χ0n) is 15.8. The molecule has 1 aliphatic heterocycles. The van der Waals surface area contributed by atoms with Crippen LogP contribution in [0.25, 0.3) is 11.3 Å². The van der Waals surface area contributed by atoms with Crippen LogP contribution in [0.15, 0.2) is 54.6 Å². The Labute approximate surface area is 169 Å². The van der Waals surface area contributed by atoms with Crippen LogP contribution in [0.1, 0.15) is 17.5 Å². The fourth-order valence-electron chi connectivity index (χ4n) is 3.62. The first-order valence-electron chi connectivity index (χ1n) is 9.48. The van der Waals surface area contributed by atoms with E-state index in [1.165, 1.54) is 5.56 Å². The van der Waals surface area contributed by atoms with Gasteiger partial charge in [-0.3, -0.25) is 9.89 Å². The third kappa shape index (κ3) is 4.37. The van der Waals surface area contributed by atoms with Crippen LogP contribution in [-0.4, -0.2) is 35.2 Å². The Morgan fingerprint density at radius 3 is 2.86 bits per heavy atom. The SMILES string of the molecule is Cc1cccc(CC(=O)NC2CCN(c3cc(-c4ccc(Cl)cc4)[nH]n3)C2)c1. The molecule has 1 aliphatic rings. The molecule has 1 fully saturated rings. The van der Waals surface area contributed by atoms with E-state index in [2.05, 4.69) is 26.5 Å². The van der Waals surface area contributed by atoms with Crippen LogP contribution in [0.3, 0.4) is 0 Å². The van der Waals surface area contributed by atoms with Crippen LogP contribution >= 0.6 is 11.6 Å². The van der Waals surface area contributed by atoms with Gasteiger partial charge in [-0.25, -0.2) is 0 Å². The summed E-state index contributed by atoms with van der Waals surface area (Å²) in [4.78, 5) is 14.6. The van der Waals surface area contributed by atoms with Gasteiger partial charge in [0.25, 0.3) is 0 Å². The fourth-order valence-corrected chi connectivity index (χ4v) is 3.75. The molecule has 6 heteroatoms. The summed E-state index contributed by atoms with van der Waals surface area (Å²) in [6.07, 6.45) is 1.34. The highest BCUT2D eigenvalue weighted by Crippen LogP contribution is 2.25. The van der Waals surface area contributed by atoms with Crippen molar-refractivity contribution in [2.75, 3.05) is 18.0 Å². The van der Waals surface area contributed by atoms with Gasteiger partial charge in [0, 0.05) is 30.2 Å². The number of benzene rings is 2. The summed E-state index contributed by atoms with van der Waals surface area (Å²) >= 11 is 5.96. The second kappa shape index (κ2) is 8.07. The van der Waals surface area contributed by atoms with Gasteiger partial charge in [0.05, 0.1) is 12.1 Å². The monoisotopic (exact) mass is 394 g/mol. The number of aromatic nitrogens is 2. The highest BCUT2D eigenvalue weighted by atomic mass is 35.5. The summed E-state index contributed by atoms with van der Waals surface area (Å²) in [6, 6.07) is 17.9. The molecule has 1 unspecified atom stereocenters. The highest BCUT2D eigenvalue weighted by Gasteiger charge is 2.25. The van der Waals surface area contributed by atoms with Crippen molar-refractivity contribution >= 4 is 23.3 Å². The molecular formula is C22H23ClN4O. The van der Waals surface area contributed by atoms with E-state index in [1.54, 1.807) is 0 Å². The predicted molar refractivity (Wildman–Crippen MR) is 113 cm³/mol. The summed E-state index contributed by atoms with van der Waals surface area (Å²) < 4.78 is 0. The quantitative estimate of drug-likeness (QED) is 0.688. The molecule has 0 radical (unpaired) electrons.